The van der Waals surface area contributed by atoms with Gasteiger partial charge in [-0.1, -0.05) is 91.1 Å². The molecule has 7 aromatic rings. The maximum absolute atomic E-state index is 11.7. The first-order valence-corrected chi connectivity index (χ1v) is 20.9. The number of fused-ring (bicyclic) bond motifs is 8. The van der Waals surface area contributed by atoms with Crippen molar-refractivity contribution in [3.05, 3.63) is 83.9 Å². The molecule has 4 nitrogen and oxygen atoms in total. The number of carbonyl (C=O) groups is 1. The predicted octanol–water partition coefficient (Wildman–Crippen LogP) is 14.1. The zero-order chi connectivity index (χ0) is 36.4. The van der Waals surface area contributed by atoms with Crippen molar-refractivity contribution in [1.29, 1.82) is 0 Å². The van der Waals surface area contributed by atoms with Crippen molar-refractivity contribution < 1.29 is 30.0 Å². The summed E-state index contributed by atoms with van der Waals surface area (Å²) in [5.41, 5.74) is 5.89. The molecule has 0 atom stereocenters. The number of carbonyl (C=O) groups excluding carboxylic acids is 1. The number of nitrogens with zero attached hydrogens (tertiary/aromatic N) is 2. The van der Waals surface area contributed by atoms with Gasteiger partial charge in [-0.25, -0.2) is 4.98 Å². The molecule has 275 valence electrons. The van der Waals surface area contributed by atoms with E-state index in [0.717, 1.165) is 53.6 Å². The van der Waals surface area contributed by atoms with E-state index in [2.05, 4.69) is 82.3 Å². The van der Waals surface area contributed by atoms with Crippen LogP contribution in [-0.4, -0.2) is 20.9 Å². The second-order valence-electron chi connectivity index (χ2n) is 14.3. The van der Waals surface area contributed by atoms with E-state index in [1.165, 1.54) is 56.9 Å². The van der Waals surface area contributed by atoms with Crippen molar-refractivity contribution in [2.45, 2.75) is 93.4 Å². The van der Waals surface area contributed by atoms with Gasteiger partial charge in [-0.15, -0.1) is 45.9 Å². The number of thiophene rings is 3. The Labute approximate surface area is 333 Å². The van der Waals surface area contributed by atoms with Crippen LogP contribution in [0.2, 0.25) is 0 Å². The molecular formula is C44H49IrN2O2S3-. The fourth-order valence-electron chi connectivity index (χ4n) is 7.05. The van der Waals surface area contributed by atoms with Crippen molar-refractivity contribution in [2.75, 3.05) is 0 Å². The molecule has 0 spiro atoms. The number of hydrogen-bond acceptors (Lipinski definition) is 7. The molecule has 4 heterocycles. The Balaban J connectivity index is 0.000000280. The number of aliphatic hydroxyl groups excluding tert-OH is 1. The number of aromatic nitrogens is 2. The Bertz CT molecular complexity index is 2360. The SMILES string of the molecule is CC(C)Cc1ccc2c(c1)sc1c(-c3[c-]c4sc5c6ccccc6sc5c4c(C(C)C)c3)ncnc12.CCC(CC)C(=O)/C=C(\O)C(CC)CC.[Ir]. The minimum absolute atomic E-state index is 0. The average molecular weight is 926 g/mol. The summed E-state index contributed by atoms with van der Waals surface area (Å²) < 4.78 is 7.82. The fraction of sp³-hybridized carbons (Fsp3) is 0.386. The zero-order valence-corrected chi connectivity index (χ0v) is 36.3. The van der Waals surface area contributed by atoms with E-state index in [-0.39, 0.29) is 43.5 Å². The topological polar surface area (TPSA) is 63.1 Å². The maximum atomic E-state index is 11.7. The zero-order valence-electron chi connectivity index (χ0n) is 31.4. The Kier molecular flexibility index (Phi) is 13.5. The van der Waals surface area contributed by atoms with Crippen molar-refractivity contribution in [2.24, 2.45) is 17.8 Å². The van der Waals surface area contributed by atoms with Crippen LogP contribution in [0.3, 0.4) is 0 Å². The van der Waals surface area contributed by atoms with Crippen molar-refractivity contribution in [3.63, 3.8) is 0 Å². The van der Waals surface area contributed by atoms with Gasteiger partial charge in [-0.3, -0.25) is 9.78 Å². The molecule has 0 saturated heterocycles. The first kappa shape index (κ1) is 40.2. The molecule has 3 aromatic carbocycles. The molecule has 0 fully saturated rings. The molecule has 0 aliphatic rings. The normalized spacial score (nSPS) is 12.3. The minimum atomic E-state index is 0. The van der Waals surface area contributed by atoms with Crippen molar-refractivity contribution in [3.8, 4) is 11.3 Å². The average Bonchev–Trinajstić information content (AvgIpc) is 3.78. The van der Waals surface area contributed by atoms with Crippen molar-refractivity contribution >= 4 is 89.7 Å². The number of benzene rings is 3. The predicted molar refractivity (Wildman–Crippen MR) is 224 cm³/mol. The molecule has 1 N–H and O–H groups in total. The first-order chi connectivity index (χ1) is 24.6. The first-order valence-electron chi connectivity index (χ1n) is 18.5. The van der Waals surface area contributed by atoms with E-state index in [0.29, 0.717) is 11.8 Å². The van der Waals surface area contributed by atoms with E-state index in [1.807, 2.05) is 61.7 Å². The van der Waals surface area contributed by atoms with Crippen LogP contribution >= 0.6 is 34.0 Å². The Morgan fingerprint density at radius 3 is 2.17 bits per heavy atom. The van der Waals surface area contributed by atoms with Crippen LogP contribution in [0.5, 0.6) is 0 Å². The Morgan fingerprint density at radius 1 is 0.808 bits per heavy atom. The summed E-state index contributed by atoms with van der Waals surface area (Å²) in [6.07, 6.45) is 7.72. The standard InChI is InChI=1S/C31H25N2S3.C13H24O2.Ir/c1-16(2)11-18-9-10-20-24(12-18)35-31-27(32-15-33-28(20)31)19-13-22(17(3)4)26-25(14-19)36-29-21-7-5-6-8-23(21)34-30(26)29;1-5-10(6-2)12(14)9-13(15)11(7-3)8-4;/h5-10,12-13,15-17H,11H2,1-4H3;9-11,14H,5-8H2,1-4H3;/q-1;;/b;12-9-;. The maximum Gasteiger partial charge on any atom is 0.162 e. The van der Waals surface area contributed by atoms with Gasteiger partial charge in [0.05, 0.1) is 11.3 Å². The van der Waals surface area contributed by atoms with E-state index in [9.17, 15) is 9.90 Å². The quantitative estimate of drug-likeness (QED) is 0.0798. The van der Waals surface area contributed by atoms with Gasteiger partial charge in [0, 0.05) is 78.0 Å². The Hall–Kier alpha value is -3.00. The number of allylic oxidation sites excluding steroid dienone is 2. The third kappa shape index (κ3) is 8.07. The van der Waals surface area contributed by atoms with Gasteiger partial charge in [0.1, 0.15) is 6.33 Å². The van der Waals surface area contributed by atoms with Crippen molar-refractivity contribution in [1.82, 2.24) is 9.97 Å². The van der Waals surface area contributed by atoms with E-state index < -0.39 is 0 Å². The second-order valence-corrected chi connectivity index (χ2v) is 17.4. The molecule has 8 heteroatoms. The van der Waals surface area contributed by atoms with E-state index in [4.69, 9.17) is 9.97 Å². The van der Waals surface area contributed by atoms with Gasteiger partial charge < -0.3 is 5.11 Å². The van der Waals surface area contributed by atoms with Crippen LogP contribution in [0.4, 0.5) is 0 Å². The molecule has 0 saturated carbocycles. The number of aliphatic hydroxyl groups is 1. The second kappa shape index (κ2) is 17.4. The summed E-state index contributed by atoms with van der Waals surface area (Å²) in [4.78, 5) is 21.2. The van der Waals surface area contributed by atoms with Gasteiger partial charge in [0.2, 0.25) is 0 Å². The number of hydrogen-bond donors (Lipinski definition) is 1. The monoisotopic (exact) mass is 926 g/mol. The summed E-state index contributed by atoms with van der Waals surface area (Å²) in [7, 11) is 0. The number of rotatable bonds is 11. The third-order valence-corrected chi connectivity index (χ3v) is 13.6. The molecule has 0 aliphatic heterocycles. The van der Waals surface area contributed by atoms with Gasteiger partial charge in [0.25, 0.3) is 0 Å². The molecule has 0 amide bonds. The summed E-state index contributed by atoms with van der Waals surface area (Å²) >= 11 is 5.59. The van der Waals surface area contributed by atoms with E-state index >= 15 is 0 Å². The largest absolute Gasteiger partial charge is 0.512 e. The molecule has 7 rings (SSSR count). The molecule has 1 radical (unpaired) electrons. The molecule has 0 aliphatic carbocycles. The fourth-order valence-corrected chi connectivity index (χ4v) is 11.0. The summed E-state index contributed by atoms with van der Waals surface area (Å²) in [6.45, 7) is 17.2. The molecule has 52 heavy (non-hydrogen) atoms. The van der Waals surface area contributed by atoms with Gasteiger partial charge in [0.15, 0.2) is 5.78 Å². The van der Waals surface area contributed by atoms with Gasteiger partial charge in [-0.05, 0) is 66.3 Å². The number of ketones is 1. The van der Waals surface area contributed by atoms with Crippen LogP contribution in [0.1, 0.15) is 98.1 Å². The van der Waals surface area contributed by atoms with Crippen LogP contribution in [0, 0.1) is 23.8 Å². The van der Waals surface area contributed by atoms with Crippen LogP contribution in [0.15, 0.2) is 66.7 Å². The van der Waals surface area contributed by atoms with Gasteiger partial charge in [-0.2, -0.15) is 11.3 Å². The third-order valence-electron chi connectivity index (χ3n) is 9.96. The summed E-state index contributed by atoms with van der Waals surface area (Å²) in [5, 5.41) is 13.7. The smallest absolute Gasteiger partial charge is 0.162 e. The van der Waals surface area contributed by atoms with E-state index in [1.54, 1.807) is 6.33 Å². The molecular weight excluding hydrogens is 877 g/mol. The van der Waals surface area contributed by atoms with Gasteiger partial charge >= 0.3 is 0 Å². The summed E-state index contributed by atoms with van der Waals surface area (Å²) in [6, 6.07) is 21.7. The molecule has 0 bridgehead atoms. The van der Waals surface area contributed by atoms with Crippen LogP contribution < -0.4 is 0 Å². The van der Waals surface area contributed by atoms with Crippen LogP contribution in [0.25, 0.3) is 61.1 Å². The summed E-state index contributed by atoms with van der Waals surface area (Å²) in [5.74, 6) is 1.59. The Morgan fingerprint density at radius 2 is 1.50 bits per heavy atom. The van der Waals surface area contributed by atoms with Crippen LogP contribution in [-0.2, 0) is 31.3 Å². The minimum Gasteiger partial charge on any atom is -0.512 e. The molecule has 4 aromatic heterocycles. The molecule has 0 unspecified atom stereocenters.